The molecule has 0 fully saturated rings. The fourth-order valence-electron chi connectivity index (χ4n) is 1.53. The fraction of sp³-hybridized carbons (Fsp3) is 0.500. The van der Waals surface area contributed by atoms with E-state index in [4.69, 9.17) is 27.9 Å². The highest BCUT2D eigenvalue weighted by Gasteiger charge is 2.16. The molecular weight excluding hydrogens is 389 g/mol. The molecular formula is C12H16BrCl2NO3S. The lowest BCUT2D eigenvalue weighted by Crippen LogP contribution is -2.17. The van der Waals surface area contributed by atoms with Gasteiger partial charge in [-0.05, 0) is 47.8 Å². The number of unbranched alkanes of at least 4 members (excludes halogenated alkanes) is 1. The summed E-state index contributed by atoms with van der Waals surface area (Å²) in [7, 11) is -3.45. The van der Waals surface area contributed by atoms with Crippen LogP contribution in [0.2, 0.25) is 5.02 Å². The molecule has 0 heterocycles. The second-order valence-electron chi connectivity index (χ2n) is 4.01. The Labute approximate surface area is 138 Å². The van der Waals surface area contributed by atoms with Crippen molar-refractivity contribution in [3.8, 4) is 5.75 Å². The summed E-state index contributed by atoms with van der Waals surface area (Å²) in [5, 5.41) is 0.416. The number of hydrogen-bond acceptors (Lipinski definition) is 3. The summed E-state index contributed by atoms with van der Waals surface area (Å²) in [5.74, 6) is 0.885. The van der Waals surface area contributed by atoms with E-state index in [1.165, 1.54) is 6.07 Å². The number of ether oxygens (including phenoxy) is 1. The Morgan fingerprint density at radius 2 is 2.05 bits per heavy atom. The Bertz CT molecular complexity index is 552. The van der Waals surface area contributed by atoms with Gasteiger partial charge in [-0.25, -0.2) is 8.42 Å². The molecule has 0 aliphatic rings. The molecule has 4 nitrogen and oxygen atoms in total. The van der Waals surface area contributed by atoms with Gasteiger partial charge in [-0.1, -0.05) is 11.6 Å². The van der Waals surface area contributed by atoms with Crippen LogP contribution in [0.25, 0.3) is 0 Å². The van der Waals surface area contributed by atoms with E-state index < -0.39 is 10.0 Å². The van der Waals surface area contributed by atoms with Gasteiger partial charge in [0.1, 0.15) is 0 Å². The Morgan fingerprint density at radius 3 is 2.65 bits per heavy atom. The van der Waals surface area contributed by atoms with Crippen molar-refractivity contribution in [1.29, 1.82) is 0 Å². The number of sulfonamides is 1. The molecule has 0 atom stereocenters. The maximum absolute atomic E-state index is 12.0. The summed E-state index contributed by atoms with van der Waals surface area (Å²) in [6, 6.07) is 3.17. The van der Waals surface area contributed by atoms with Crippen LogP contribution in [-0.4, -0.2) is 26.7 Å². The van der Waals surface area contributed by atoms with Crippen LogP contribution in [0.15, 0.2) is 16.6 Å². The smallest absolute Gasteiger partial charge is 0.232 e. The van der Waals surface area contributed by atoms with Crippen LogP contribution in [0, 0.1) is 0 Å². The summed E-state index contributed by atoms with van der Waals surface area (Å²) >= 11 is 14.8. The molecule has 0 unspecified atom stereocenters. The molecule has 0 bridgehead atoms. The lowest BCUT2D eigenvalue weighted by Gasteiger charge is -2.14. The Morgan fingerprint density at radius 1 is 1.35 bits per heavy atom. The molecule has 0 spiro atoms. The van der Waals surface area contributed by atoms with Gasteiger partial charge in [0, 0.05) is 10.9 Å². The number of alkyl halides is 1. The third-order valence-corrected chi connectivity index (χ3v) is 4.79. The zero-order valence-electron chi connectivity index (χ0n) is 11.0. The van der Waals surface area contributed by atoms with E-state index in [2.05, 4.69) is 20.7 Å². The standard InChI is InChI=1S/C12H16BrCl2NO3S/c1-2-19-12-10(13)7-9(15)8-11(12)16-20(17,18)6-4-3-5-14/h7-8,16H,2-6H2,1H3. The topological polar surface area (TPSA) is 55.4 Å². The van der Waals surface area contributed by atoms with Gasteiger partial charge in [-0.3, -0.25) is 4.72 Å². The van der Waals surface area contributed by atoms with Crippen molar-refractivity contribution in [2.75, 3.05) is 23.0 Å². The molecule has 1 N–H and O–H groups in total. The van der Waals surface area contributed by atoms with Crippen LogP contribution in [0.4, 0.5) is 5.69 Å². The molecule has 0 aliphatic carbocycles. The number of rotatable bonds is 8. The third-order valence-electron chi connectivity index (χ3n) is 2.36. The van der Waals surface area contributed by atoms with E-state index >= 15 is 0 Å². The molecule has 0 saturated heterocycles. The van der Waals surface area contributed by atoms with Gasteiger partial charge in [0.05, 0.1) is 22.5 Å². The minimum atomic E-state index is -3.45. The first-order chi connectivity index (χ1) is 9.39. The quantitative estimate of drug-likeness (QED) is 0.520. The first-order valence-corrected chi connectivity index (χ1v) is 9.43. The van der Waals surface area contributed by atoms with Crippen molar-refractivity contribution >= 4 is 54.8 Å². The summed E-state index contributed by atoms with van der Waals surface area (Å²) in [4.78, 5) is 0. The maximum atomic E-state index is 12.0. The van der Waals surface area contributed by atoms with Crippen molar-refractivity contribution in [1.82, 2.24) is 0 Å². The largest absolute Gasteiger partial charge is 0.490 e. The molecule has 0 radical (unpaired) electrons. The normalized spacial score (nSPS) is 11.4. The van der Waals surface area contributed by atoms with Crippen molar-refractivity contribution < 1.29 is 13.2 Å². The lowest BCUT2D eigenvalue weighted by atomic mass is 10.3. The molecule has 0 aromatic heterocycles. The SMILES string of the molecule is CCOc1c(Br)cc(Cl)cc1NS(=O)(=O)CCCCCl. The Hall–Kier alpha value is -0.170. The van der Waals surface area contributed by atoms with E-state index in [1.807, 2.05) is 6.92 Å². The van der Waals surface area contributed by atoms with Gasteiger partial charge in [0.2, 0.25) is 10.0 Å². The predicted molar refractivity (Wildman–Crippen MR) is 87.7 cm³/mol. The second-order valence-corrected chi connectivity index (χ2v) is 7.52. The van der Waals surface area contributed by atoms with Gasteiger partial charge >= 0.3 is 0 Å². The number of benzene rings is 1. The van der Waals surface area contributed by atoms with E-state index in [1.54, 1.807) is 6.07 Å². The molecule has 1 aromatic rings. The summed E-state index contributed by atoms with van der Waals surface area (Å²) < 4.78 is 32.5. The second kappa shape index (κ2) is 8.32. The van der Waals surface area contributed by atoms with Gasteiger partial charge in [0.25, 0.3) is 0 Å². The van der Waals surface area contributed by atoms with Crippen LogP contribution in [-0.2, 0) is 10.0 Å². The Kier molecular flexibility index (Phi) is 7.43. The number of nitrogens with one attached hydrogen (secondary N) is 1. The Balaban J connectivity index is 2.95. The van der Waals surface area contributed by atoms with Crippen LogP contribution < -0.4 is 9.46 Å². The number of anilines is 1. The molecule has 114 valence electrons. The van der Waals surface area contributed by atoms with Crippen LogP contribution in [0.5, 0.6) is 5.75 Å². The van der Waals surface area contributed by atoms with Crippen LogP contribution in [0.1, 0.15) is 19.8 Å². The van der Waals surface area contributed by atoms with Gasteiger partial charge in [0.15, 0.2) is 5.75 Å². The summed E-state index contributed by atoms with van der Waals surface area (Å²) in [6.45, 7) is 2.24. The van der Waals surface area contributed by atoms with Gasteiger partial charge in [-0.15, -0.1) is 11.6 Å². The minimum Gasteiger partial charge on any atom is -0.490 e. The van der Waals surface area contributed by atoms with Crippen molar-refractivity contribution in [3.63, 3.8) is 0 Å². The van der Waals surface area contributed by atoms with Crippen molar-refractivity contribution in [3.05, 3.63) is 21.6 Å². The molecule has 20 heavy (non-hydrogen) atoms. The van der Waals surface area contributed by atoms with Crippen molar-refractivity contribution in [2.24, 2.45) is 0 Å². The third kappa shape index (κ3) is 5.68. The fourth-order valence-corrected chi connectivity index (χ4v) is 3.82. The maximum Gasteiger partial charge on any atom is 0.232 e. The molecule has 0 amide bonds. The lowest BCUT2D eigenvalue weighted by molar-refractivity contribution is 0.340. The van der Waals surface area contributed by atoms with Crippen LogP contribution >= 0.6 is 39.1 Å². The minimum absolute atomic E-state index is 0.00934. The number of halogens is 3. The van der Waals surface area contributed by atoms with E-state index in [9.17, 15) is 8.42 Å². The molecule has 0 aliphatic heterocycles. The summed E-state index contributed by atoms with van der Waals surface area (Å²) in [6.07, 6.45) is 1.16. The molecule has 8 heteroatoms. The first-order valence-electron chi connectivity index (χ1n) is 6.08. The van der Waals surface area contributed by atoms with Gasteiger partial charge in [-0.2, -0.15) is 0 Å². The highest BCUT2D eigenvalue weighted by atomic mass is 79.9. The highest BCUT2D eigenvalue weighted by molar-refractivity contribution is 9.10. The predicted octanol–water partition coefficient (Wildman–Crippen LogP) is 4.26. The molecule has 0 saturated carbocycles. The van der Waals surface area contributed by atoms with Gasteiger partial charge < -0.3 is 4.74 Å². The highest BCUT2D eigenvalue weighted by Crippen LogP contribution is 2.37. The monoisotopic (exact) mass is 403 g/mol. The molecule has 1 rings (SSSR count). The average Bonchev–Trinajstić information content (AvgIpc) is 2.33. The summed E-state index contributed by atoms with van der Waals surface area (Å²) in [5.41, 5.74) is 0.331. The van der Waals surface area contributed by atoms with E-state index in [0.717, 1.165) is 0 Å². The van der Waals surface area contributed by atoms with E-state index in [-0.39, 0.29) is 5.75 Å². The first kappa shape index (κ1) is 17.9. The van der Waals surface area contributed by atoms with E-state index in [0.29, 0.717) is 46.3 Å². The van der Waals surface area contributed by atoms with Crippen molar-refractivity contribution in [2.45, 2.75) is 19.8 Å². The zero-order valence-corrected chi connectivity index (χ0v) is 14.9. The zero-order chi connectivity index (χ0) is 15.2. The average molecular weight is 405 g/mol. The molecule has 1 aromatic carbocycles. The van der Waals surface area contributed by atoms with Crippen LogP contribution in [0.3, 0.4) is 0 Å². The number of hydrogen-bond donors (Lipinski definition) is 1.